The quantitative estimate of drug-likeness (QED) is 0.188. The third-order valence-corrected chi connectivity index (χ3v) is 9.63. The lowest BCUT2D eigenvalue weighted by Crippen LogP contribution is -1.98. The standard InChI is InChI=1S/C40H22N4/c1-2-10-26-23(8-1)17-19-33-35(26)30-22-29-27-11-3-5-13-31(27)43-32-14-6-4-12-28(32)36(39(29)43)40(30)44(33)34-20-18-25-16-15-24-9-7-21-41-37(24)38(25)42-34/h1-22H. The Kier molecular flexibility index (Phi) is 4.04. The molecule has 4 nitrogen and oxygen atoms in total. The topological polar surface area (TPSA) is 35.1 Å². The molecule has 0 bridgehead atoms. The van der Waals surface area contributed by atoms with E-state index in [9.17, 15) is 0 Å². The van der Waals surface area contributed by atoms with Crippen LogP contribution in [0.1, 0.15) is 0 Å². The maximum atomic E-state index is 5.39. The zero-order valence-corrected chi connectivity index (χ0v) is 23.5. The Morgan fingerprint density at radius 2 is 1.11 bits per heavy atom. The van der Waals surface area contributed by atoms with Gasteiger partial charge >= 0.3 is 0 Å². The fourth-order valence-corrected chi connectivity index (χ4v) is 7.85. The SMILES string of the molecule is c1ccc2c(c1)ccc1c2c2cc3c4ccccc4n4c5ccccc5c(c2n1-c1ccc2ccc5cccnc5c2n1)c34. The van der Waals surface area contributed by atoms with Crippen molar-refractivity contribution in [3.05, 3.63) is 134 Å². The summed E-state index contributed by atoms with van der Waals surface area (Å²) >= 11 is 0. The summed E-state index contributed by atoms with van der Waals surface area (Å²) in [6.45, 7) is 0. The molecule has 5 heterocycles. The summed E-state index contributed by atoms with van der Waals surface area (Å²) in [7, 11) is 0. The van der Waals surface area contributed by atoms with Gasteiger partial charge in [-0.2, -0.15) is 0 Å². The summed E-state index contributed by atoms with van der Waals surface area (Å²) in [5.74, 6) is 0.897. The van der Waals surface area contributed by atoms with Crippen molar-refractivity contribution in [1.82, 2.24) is 18.9 Å². The van der Waals surface area contributed by atoms with Crippen LogP contribution in [0, 0.1) is 0 Å². The van der Waals surface area contributed by atoms with Gasteiger partial charge in [0.1, 0.15) is 5.82 Å². The summed E-state index contributed by atoms with van der Waals surface area (Å²) in [6.07, 6.45) is 1.86. The molecule has 0 atom stereocenters. The second kappa shape index (κ2) is 7.88. The maximum absolute atomic E-state index is 5.39. The van der Waals surface area contributed by atoms with Crippen LogP contribution in [0.15, 0.2) is 134 Å². The Bertz CT molecular complexity index is 3000. The maximum Gasteiger partial charge on any atom is 0.138 e. The molecule has 0 spiro atoms. The fourth-order valence-electron chi connectivity index (χ4n) is 7.85. The Morgan fingerprint density at radius 1 is 0.432 bits per heavy atom. The van der Waals surface area contributed by atoms with E-state index in [2.05, 4.69) is 130 Å². The van der Waals surface area contributed by atoms with Crippen LogP contribution in [0.4, 0.5) is 0 Å². The highest BCUT2D eigenvalue weighted by Crippen LogP contribution is 2.47. The molecule has 202 valence electrons. The molecule has 0 unspecified atom stereocenters. The number of pyridine rings is 2. The normalized spacial score (nSPS) is 12.5. The number of para-hydroxylation sites is 2. The van der Waals surface area contributed by atoms with E-state index in [-0.39, 0.29) is 0 Å². The first-order valence-electron chi connectivity index (χ1n) is 15.0. The van der Waals surface area contributed by atoms with Crippen LogP contribution >= 0.6 is 0 Å². The van der Waals surface area contributed by atoms with Gasteiger partial charge in [-0.25, -0.2) is 4.98 Å². The Hall–Kier alpha value is -6.00. The summed E-state index contributed by atoms with van der Waals surface area (Å²) in [5.41, 5.74) is 7.92. The number of benzene rings is 6. The van der Waals surface area contributed by atoms with Crippen LogP contribution in [0.5, 0.6) is 0 Å². The summed E-state index contributed by atoms with van der Waals surface area (Å²) in [6, 6.07) is 46.0. The highest BCUT2D eigenvalue weighted by molar-refractivity contribution is 6.36. The third kappa shape index (κ3) is 2.65. The minimum atomic E-state index is 0.897. The van der Waals surface area contributed by atoms with E-state index in [4.69, 9.17) is 9.97 Å². The molecule has 0 saturated heterocycles. The van der Waals surface area contributed by atoms with Gasteiger partial charge in [0.05, 0.1) is 38.6 Å². The van der Waals surface area contributed by atoms with E-state index < -0.39 is 0 Å². The minimum absolute atomic E-state index is 0.897. The van der Waals surface area contributed by atoms with E-state index in [0.717, 1.165) is 33.1 Å². The first-order valence-corrected chi connectivity index (χ1v) is 15.0. The molecule has 0 radical (unpaired) electrons. The van der Waals surface area contributed by atoms with Crippen LogP contribution in [-0.2, 0) is 0 Å². The second-order valence-corrected chi connectivity index (χ2v) is 11.8. The first kappa shape index (κ1) is 22.6. The molecule has 0 saturated carbocycles. The van der Waals surface area contributed by atoms with Crippen molar-refractivity contribution in [2.45, 2.75) is 0 Å². The summed E-state index contributed by atoms with van der Waals surface area (Å²) < 4.78 is 4.86. The first-order chi connectivity index (χ1) is 21.8. The Morgan fingerprint density at radius 3 is 2.00 bits per heavy atom. The molecule has 0 aliphatic rings. The van der Waals surface area contributed by atoms with Crippen molar-refractivity contribution in [2.24, 2.45) is 0 Å². The van der Waals surface area contributed by atoms with Crippen LogP contribution in [-0.4, -0.2) is 18.9 Å². The molecule has 11 aromatic rings. The van der Waals surface area contributed by atoms with Crippen LogP contribution < -0.4 is 0 Å². The van der Waals surface area contributed by atoms with Gasteiger partial charge in [0.15, 0.2) is 0 Å². The average Bonchev–Trinajstić information content (AvgIpc) is 3.72. The van der Waals surface area contributed by atoms with Gasteiger partial charge < -0.3 is 4.40 Å². The lowest BCUT2D eigenvalue weighted by Gasteiger charge is -2.11. The third-order valence-electron chi connectivity index (χ3n) is 9.63. The number of rotatable bonds is 1. The van der Waals surface area contributed by atoms with Gasteiger partial charge in [-0.3, -0.25) is 9.55 Å². The van der Waals surface area contributed by atoms with Crippen molar-refractivity contribution in [2.75, 3.05) is 0 Å². The van der Waals surface area contributed by atoms with Crippen LogP contribution in [0.3, 0.4) is 0 Å². The number of hydrogen-bond donors (Lipinski definition) is 0. The number of fused-ring (bicyclic) bond motifs is 15. The van der Waals surface area contributed by atoms with Crippen LogP contribution in [0.2, 0.25) is 0 Å². The van der Waals surface area contributed by atoms with E-state index >= 15 is 0 Å². The molecule has 5 aromatic heterocycles. The fraction of sp³-hybridized carbons (Fsp3) is 0. The lowest BCUT2D eigenvalue weighted by atomic mass is 10.0. The largest absolute Gasteiger partial charge is 0.308 e. The zero-order valence-electron chi connectivity index (χ0n) is 23.5. The molecule has 0 aliphatic carbocycles. The van der Waals surface area contributed by atoms with Crippen molar-refractivity contribution >= 4 is 92.5 Å². The predicted octanol–water partition coefficient (Wildman–Crippen LogP) is 10.2. The second-order valence-electron chi connectivity index (χ2n) is 11.8. The lowest BCUT2D eigenvalue weighted by molar-refractivity contribution is 1.11. The number of aromatic nitrogens is 4. The Labute approximate surface area is 250 Å². The number of nitrogens with zero attached hydrogens (tertiary/aromatic N) is 4. The molecular formula is C40H22N4. The van der Waals surface area contributed by atoms with Gasteiger partial charge in [-0.15, -0.1) is 0 Å². The molecule has 0 amide bonds. The molecule has 6 aromatic carbocycles. The molecule has 4 heteroatoms. The molecule has 44 heavy (non-hydrogen) atoms. The Balaban J connectivity index is 1.44. The highest BCUT2D eigenvalue weighted by Gasteiger charge is 2.25. The van der Waals surface area contributed by atoms with Gasteiger partial charge in [0.2, 0.25) is 0 Å². The van der Waals surface area contributed by atoms with Crippen molar-refractivity contribution in [3.63, 3.8) is 0 Å². The van der Waals surface area contributed by atoms with E-state index in [1.807, 2.05) is 12.3 Å². The molecule has 11 rings (SSSR count). The monoisotopic (exact) mass is 558 g/mol. The van der Waals surface area contributed by atoms with Crippen LogP contribution in [0.25, 0.3) is 98.3 Å². The van der Waals surface area contributed by atoms with Crippen molar-refractivity contribution in [1.29, 1.82) is 0 Å². The molecule has 0 fully saturated rings. The van der Waals surface area contributed by atoms with Gasteiger partial charge in [-0.05, 0) is 53.2 Å². The van der Waals surface area contributed by atoms with E-state index in [1.165, 1.54) is 65.2 Å². The number of hydrogen-bond acceptors (Lipinski definition) is 2. The summed E-state index contributed by atoms with van der Waals surface area (Å²) in [5, 5.41) is 12.3. The van der Waals surface area contributed by atoms with Gasteiger partial charge in [0, 0.05) is 49.3 Å². The van der Waals surface area contributed by atoms with E-state index in [0.29, 0.717) is 0 Å². The van der Waals surface area contributed by atoms with E-state index in [1.54, 1.807) is 0 Å². The molecule has 0 N–H and O–H groups in total. The minimum Gasteiger partial charge on any atom is -0.308 e. The predicted molar refractivity (Wildman–Crippen MR) is 184 cm³/mol. The highest BCUT2D eigenvalue weighted by atomic mass is 15.1. The van der Waals surface area contributed by atoms with Gasteiger partial charge in [-0.1, -0.05) is 84.9 Å². The van der Waals surface area contributed by atoms with Crippen molar-refractivity contribution < 1.29 is 0 Å². The van der Waals surface area contributed by atoms with Gasteiger partial charge in [0.25, 0.3) is 0 Å². The smallest absolute Gasteiger partial charge is 0.138 e. The van der Waals surface area contributed by atoms with Crippen molar-refractivity contribution in [3.8, 4) is 5.82 Å². The molecular weight excluding hydrogens is 536 g/mol. The molecule has 0 aliphatic heterocycles. The zero-order chi connectivity index (χ0) is 28.5. The average molecular weight is 559 g/mol. The summed E-state index contributed by atoms with van der Waals surface area (Å²) in [4.78, 5) is 10.2.